The second-order valence-electron chi connectivity index (χ2n) is 2.27. The van der Waals surface area contributed by atoms with Gasteiger partial charge in [0.25, 0.3) is 0 Å². The molecule has 5 heteroatoms. The first kappa shape index (κ1) is 10.5. The third-order valence-corrected chi connectivity index (χ3v) is 2.31. The zero-order chi connectivity index (χ0) is 9.84. The summed E-state index contributed by atoms with van der Waals surface area (Å²) in [6, 6.07) is 3.31. The molecule has 0 spiro atoms. The van der Waals surface area contributed by atoms with Gasteiger partial charge in [-0.1, -0.05) is 27.5 Å². The van der Waals surface area contributed by atoms with Crippen molar-refractivity contribution >= 4 is 33.5 Å². The lowest BCUT2D eigenvalue weighted by Gasteiger charge is -2.02. The normalized spacial score (nSPS) is 9.77. The fraction of sp³-hybridized carbons (Fsp3) is 0.250. The molecule has 0 saturated heterocycles. The molecule has 1 aromatic rings. The Hall–Kier alpha value is -0.610. The summed E-state index contributed by atoms with van der Waals surface area (Å²) in [4.78, 5) is 15.1. The highest BCUT2D eigenvalue weighted by Crippen LogP contribution is 2.15. The molecule has 0 amide bonds. The predicted octanol–water partition coefficient (Wildman–Crippen LogP) is 2.42. The topological polar surface area (TPSA) is 39.2 Å². The van der Waals surface area contributed by atoms with E-state index in [1.54, 1.807) is 12.1 Å². The lowest BCUT2D eigenvalue weighted by atomic mass is 10.2. The number of carbonyl (C=O) groups is 1. The van der Waals surface area contributed by atoms with Gasteiger partial charge in [-0.15, -0.1) is 0 Å². The van der Waals surface area contributed by atoms with Crippen LogP contribution in [0.5, 0.6) is 0 Å². The number of hydrogen-bond donors (Lipinski definition) is 0. The lowest BCUT2D eigenvalue weighted by Crippen LogP contribution is -2.03. The second kappa shape index (κ2) is 4.58. The van der Waals surface area contributed by atoms with Crippen LogP contribution < -0.4 is 0 Å². The fourth-order valence-corrected chi connectivity index (χ4v) is 1.37. The Bertz CT molecular complexity index is 330. The van der Waals surface area contributed by atoms with Crippen molar-refractivity contribution < 1.29 is 9.53 Å². The average molecular weight is 265 g/mol. The van der Waals surface area contributed by atoms with Crippen molar-refractivity contribution in [3.05, 3.63) is 28.5 Å². The standard InChI is InChI=1S/C8H7BrClNO2/c1-13-8(12)6-3-2-5(4-9)11-7(6)10/h2-3H,4H2,1H3. The van der Waals surface area contributed by atoms with E-state index in [4.69, 9.17) is 11.6 Å². The summed E-state index contributed by atoms with van der Waals surface area (Å²) in [6.45, 7) is 0. The van der Waals surface area contributed by atoms with Crippen LogP contribution in [0.25, 0.3) is 0 Å². The summed E-state index contributed by atoms with van der Waals surface area (Å²) in [6.07, 6.45) is 0. The monoisotopic (exact) mass is 263 g/mol. The molecule has 1 rings (SSSR count). The quantitative estimate of drug-likeness (QED) is 0.468. The molecule has 0 saturated carbocycles. The molecule has 0 fully saturated rings. The summed E-state index contributed by atoms with van der Waals surface area (Å²) in [7, 11) is 1.30. The molecule has 0 N–H and O–H groups in total. The van der Waals surface area contributed by atoms with Crippen LogP contribution in [-0.2, 0) is 10.1 Å². The molecule has 0 aliphatic heterocycles. The third kappa shape index (κ3) is 2.42. The molecular weight excluding hydrogens is 257 g/mol. The van der Waals surface area contributed by atoms with Crippen LogP contribution in [0.4, 0.5) is 0 Å². The minimum Gasteiger partial charge on any atom is -0.465 e. The van der Waals surface area contributed by atoms with Crippen molar-refractivity contribution in [3.8, 4) is 0 Å². The zero-order valence-electron chi connectivity index (χ0n) is 6.88. The first-order valence-electron chi connectivity index (χ1n) is 3.48. The van der Waals surface area contributed by atoms with E-state index in [0.717, 1.165) is 5.69 Å². The summed E-state index contributed by atoms with van der Waals surface area (Å²) in [5.74, 6) is -0.473. The van der Waals surface area contributed by atoms with Crippen molar-refractivity contribution in [2.75, 3.05) is 7.11 Å². The Morgan fingerprint density at radius 2 is 2.38 bits per heavy atom. The number of halogens is 2. The maximum atomic E-state index is 11.1. The lowest BCUT2D eigenvalue weighted by molar-refractivity contribution is 0.0600. The molecule has 0 unspecified atom stereocenters. The smallest absolute Gasteiger partial charge is 0.341 e. The third-order valence-electron chi connectivity index (χ3n) is 1.45. The first-order valence-corrected chi connectivity index (χ1v) is 4.98. The Morgan fingerprint density at radius 1 is 1.69 bits per heavy atom. The van der Waals surface area contributed by atoms with Gasteiger partial charge in [-0.2, -0.15) is 0 Å². The van der Waals surface area contributed by atoms with Gasteiger partial charge in [0, 0.05) is 5.33 Å². The van der Waals surface area contributed by atoms with Crippen LogP contribution in [0.15, 0.2) is 12.1 Å². The van der Waals surface area contributed by atoms with Crippen LogP contribution in [-0.4, -0.2) is 18.1 Å². The van der Waals surface area contributed by atoms with E-state index in [9.17, 15) is 4.79 Å². The average Bonchev–Trinajstić information content (AvgIpc) is 2.16. The highest BCUT2D eigenvalue weighted by Gasteiger charge is 2.11. The molecule has 0 aliphatic carbocycles. The highest BCUT2D eigenvalue weighted by molar-refractivity contribution is 9.08. The van der Waals surface area contributed by atoms with E-state index in [1.165, 1.54) is 7.11 Å². The van der Waals surface area contributed by atoms with Gasteiger partial charge in [-0.3, -0.25) is 0 Å². The number of hydrogen-bond acceptors (Lipinski definition) is 3. The van der Waals surface area contributed by atoms with Crippen molar-refractivity contribution in [2.24, 2.45) is 0 Å². The number of rotatable bonds is 2. The van der Waals surface area contributed by atoms with Crippen LogP contribution >= 0.6 is 27.5 Å². The molecule has 3 nitrogen and oxygen atoms in total. The molecule has 70 valence electrons. The van der Waals surface area contributed by atoms with E-state index in [1.807, 2.05) is 0 Å². The van der Waals surface area contributed by atoms with Crippen LogP contribution in [0, 0.1) is 0 Å². The number of pyridine rings is 1. The number of aromatic nitrogens is 1. The van der Waals surface area contributed by atoms with Crippen molar-refractivity contribution in [2.45, 2.75) is 5.33 Å². The minimum atomic E-state index is -0.473. The van der Waals surface area contributed by atoms with Gasteiger partial charge in [0.05, 0.1) is 18.4 Å². The molecule has 0 radical (unpaired) electrons. The summed E-state index contributed by atoms with van der Waals surface area (Å²) >= 11 is 8.98. The predicted molar refractivity (Wildman–Crippen MR) is 53.2 cm³/mol. The van der Waals surface area contributed by atoms with Crippen molar-refractivity contribution in [1.82, 2.24) is 4.98 Å². The van der Waals surface area contributed by atoms with Gasteiger partial charge in [-0.25, -0.2) is 9.78 Å². The van der Waals surface area contributed by atoms with E-state index in [0.29, 0.717) is 5.33 Å². The van der Waals surface area contributed by atoms with Gasteiger partial charge in [0.2, 0.25) is 0 Å². The van der Waals surface area contributed by atoms with E-state index < -0.39 is 5.97 Å². The van der Waals surface area contributed by atoms with E-state index in [2.05, 4.69) is 25.7 Å². The molecule has 0 aromatic carbocycles. The van der Waals surface area contributed by atoms with Crippen molar-refractivity contribution in [3.63, 3.8) is 0 Å². The molecule has 0 bridgehead atoms. The molecule has 13 heavy (non-hydrogen) atoms. The van der Waals surface area contributed by atoms with Gasteiger partial charge < -0.3 is 4.74 Å². The van der Waals surface area contributed by atoms with Gasteiger partial charge >= 0.3 is 5.97 Å². The van der Waals surface area contributed by atoms with Gasteiger partial charge in [0.1, 0.15) is 5.15 Å². The Balaban J connectivity index is 3.05. The van der Waals surface area contributed by atoms with Gasteiger partial charge in [-0.05, 0) is 12.1 Å². The minimum absolute atomic E-state index is 0.170. The zero-order valence-corrected chi connectivity index (χ0v) is 9.22. The van der Waals surface area contributed by atoms with Crippen LogP contribution in [0.1, 0.15) is 16.1 Å². The maximum Gasteiger partial charge on any atom is 0.341 e. The van der Waals surface area contributed by atoms with Crippen molar-refractivity contribution in [1.29, 1.82) is 0 Å². The Morgan fingerprint density at radius 3 is 2.85 bits per heavy atom. The number of carbonyl (C=O) groups excluding carboxylic acids is 1. The first-order chi connectivity index (χ1) is 6.19. The number of ether oxygens (including phenoxy) is 1. The number of nitrogens with zero attached hydrogens (tertiary/aromatic N) is 1. The summed E-state index contributed by atoms with van der Waals surface area (Å²) in [5, 5.41) is 0.776. The SMILES string of the molecule is COC(=O)c1ccc(CBr)nc1Cl. The highest BCUT2D eigenvalue weighted by atomic mass is 79.9. The summed E-state index contributed by atoms with van der Waals surface area (Å²) < 4.78 is 4.52. The Kier molecular flexibility index (Phi) is 3.69. The molecule has 0 atom stereocenters. The number of alkyl halides is 1. The Labute approximate surface area is 89.2 Å². The molecule has 1 heterocycles. The molecule has 1 aromatic heterocycles. The second-order valence-corrected chi connectivity index (χ2v) is 3.18. The fourth-order valence-electron chi connectivity index (χ4n) is 0.809. The molecule has 0 aliphatic rings. The van der Waals surface area contributed by atoms with Gasteiger partial charge in [0.15, 0.2) is 0 Å². The van der Waals surface area contributed by atoms with Crippen LogP contribution in [0.2, 0.25) is 5.15 Å². The summed E-state index contributed by atoms with van der Waals surface area (Å²) in [5.41, 5.74) is 1.06. The number of methoxy groups -OCH3 is 1. The van der Waals surface area contributed by atoms with Crippen LogP contribution in [0.3, 0.4) is 0 Å². The molecular formula is C8H7BrClNO2. The van der Waals surface area contributed by atoms with E-state index >= 15 is 0 Å². The van der Waals surface area contributed by atoms with E-state index in [-0.39, 0.29) is 10.7 Å². The number of esters is 1. The largest absolute Gasteiger partial charge is 0.465 e. The maximum absolute atomic E-state index is 11.1.